The van der Waals surface area contributed by atoms with Gasteiger partial charge in [0.1, 0.15) is 6.10 Å². The van der Waals surface area contributed by atoms with Gasteiger partial charge < -0.3 is 10.1 Å². The van der Waals surface area contributed by atoms with E-state index >= 15 is 0 Å². The van der Waals surface area contributed by atoms with Crippen molar-refractivity contribution in [2.75, 3.05) is 0 Å². The van der Waals surface area contributed by atoms with Crippen molar-refractivity contribution in [3.8, 4) is 0 Å². The van der Waals surface area contributed by atoms with Crippen LogP contribution in [0.2, 0.25) is 0 Å². The molecule has 1 aromatic heterocycles. The van der Waals surface area contributed by atoms with Crippen molar-refractivity contribution < 1.29 is 9.53 Å². The molecule has 23 heavy (non-hydrogen) atoms. The highest BCUT2D eigenvalue weighted by Crippen LogP contribution is 2.35. The number of hydrogen-bond donors (Lipinski definition) is 1. The van der Waals surface area contributed by atoms with Gasteiger partial charge >= 0.3 is 6.09 Å². The lowest BCUT2D eigenvalue weighted by molar-refractivity contribution is 0.00462. The molecule has 1 aliphatic carbocycles. The molecular weight excluding hydrogens is 290 g/mol. The van der Waals surface area contributed by atoms with Crippen LogP contribution in [0.4, 0.5) is 4.79 Å². The summed E-state index contributed by atoms with van der Waals surface area (Å²) in [7, 11) is 0. The number of aromatic nitrogens is 2. The van der Waals surface area contributed by atoms with Crippen LogP contribution in [0.5, 0.6) is 0 Å². The molecule has 4 atom stereocenters. The summed E-state index contributed by atoms with van der Waals surface area (Å²) in [5.41, 5.74) is 1.19. The van der Waals surface area contributed by atoms with Gasteiger partial charge in [0.2, 0.25) is 0 Å². The second-order valence-electron chi connectivity index (χ2n) is 7.65. The molecule has 3 rings (SSSR count). The highest BCUT2D eigenvalue weighted by Gasteiger charge is 2.34. The fraction of sp³-hybridized carbons (Fsp3) is 0.778. The van der Waals surface area contributed by atoms with E-state index in [4.69, 9.17) is 4.74 Å². The molecule has 1 amide bonds. The molecule has 1 fully saturated rings. The van der Waals surface area contributed by atoms with Crippen LogP contribution in [0.3, 0.4) is 0 Å². The molecule has 0 bridgehead atoms. The molecule has 0 spiro atoms. The van der Waals surface area contributed by atoms with Gasteiger partial charge in [-0.1, -0.05) is 27.2 Å². The summed E-state index contributed by atoms with van der Waals surface area (Å²) in [6.07, 6.45) is 6.81. The first-order valence-corrected chi connectivity index (χ1v) is 9.00. The Hall–Kier alpha value is -1.52. The molecule has 5 heteroatoms. The van der Waals surface area contributed by atoms with E-state index in [0.717, 1.165) is 25.8 Å². The van der Waals surface area contributed by atoms with Gasteiger partial charge in [0, 0.05) is 30.9 Å². The average molecular weight is 319 g/mol. The first kappa shape index (κ1) is 16.3. The number of rotatable bonds is 3. The SMILES string of the molecule is CC(C)[C@@H]1CC[C@@H](C)C[C@H]1OC(=O)N[C@@H]1CCn2nccc2C1. The summed E-state index contributed by atoms with van der Waals surface area (Å²) in [5, 5.41) is 7.34. The number of aryl methyl sites for hydroxylation is 1. The highest BCUT2D eigenvalue weighted by molar-refractivity contribution is 5.68. The molecule has 0 radical (unpaired) electrons. The number of ether oxygens (including phenoxy) is 1. The van der Waals surface area contributed by atoms with Gasteiger partial charge in [-0.25, -0.2) is 4.79 Å². The van der Waals surface area contributed by atoms with E-state index in [1.54, 1.807) is 0 Å². The van der Waals surface area contributed by atoms with Crippen molar-refractivity contribution in [3.63, 3.8) is 0 Å². The molecular formula is C18H29N3O2. The molecule has 0 aromatic carbocycles. The van der Waals surface area contributed by atoms with Gasteiger partial charge in [0.25, 0.3) is 0 Å². The van der Waals surface area contributed by atoms with E-state index in [1.165, 1.54) is 18.5 Å². The number of nitrogens with zero attached hydrogens (tertiary/aromatic N) is 2. The summed E-state index contributed by atoms with van der Waals surface area (Å²) in [6.45, 7) is 7.59. The van der Waals surface area contributed by atoms with Crippen molar-refractivity contribution in [1.29, 1.82) is 0 Å². The van der Waals surface area contributed by atoms with Crippen molar-refractivity contribution in [1.82, 2.24) is 15.1 Å². The third-order valence-electron chi connectivity index (χ3n) is 5.49. The Bertz CT molecular complexity index is 540. The first-order valence-electron chi connectivity index (χ1n) is 9.00. The van der Waals surface area contributed by atoms with E-state index in [0.29, 0.717) is 17.8 Å². The van der Waals surface area contributed by atoms with Gasteiger partial charge in [0.05, 0.1) is 0 Å². The fourth-order valence-corrected chi connectivity index (χ4v) is 4.08. The van der Waals surface area contributed by atoms with Crippen molar-refractivity contribution in [2.45, 2.75) is 71.6 Å². The van der Waals surface area contributed by atoms with Gasteiger partial charge in [-0.3, -0.25) is 4.68 Å². The Kier molecular flexibility index (Phi) is 4.93. The summed E-state index contributed by atoms with van der Waals surface area (Å²) in [4.78, 5) is 12.3. The maximum absolute atomic E-state index is 12.3. The zero-order valence-corrected chi connectivity index (χ0v) is 14.5. The Balaban J connectivity index is 1.54. The molecule has 2 aliphatic rings. The summed E-state index contributed by atoms with van der Waals surface area (Å²) < 4.78 is 7.85. The molecule has 0 unspecified atom stereocenters. The Morgan fingerprint density at radius 3 is 3.00 bits per heavy atom. The smallest absolute Gasteiger partial charge is 0.407 e. The summed E-state index contributed by atoms with van der Waals surface area (Å²) >= 11 is 0. The van der Waals surface area contributed by atoms with Crippen LogP contribution in [-0.4, -0.2) is 28.0 Å². The predicted octanol–water partition coefficient (Wildman–Crippen LogP) is 3.38. The Morgan fingerprint density at radius 1 is 1.39 bits per heavy atom. The maximum Gasteiger partial charge on any atom is 0.407 e. The van der Waals surface area contributed by atoms with Crippen LogP contribution in [0.15, 0.2) is 12.3 Å². The number of fused-ring (bicyclic) bond motifs is 1. The Morgan fingerprint density at radius 2 is 2.22 bits per heavy atom. The second kappa shape index (κ2) is 6.93. The van der Waals surface area contributed by atoms with Gasteiger partial charge in [-0.05, 0) is 43.1 Å². The van der Waals surface area contributed by atoms with E-state index < -0.39 is 0 Å². The Labute approximate surface area is 138 Å². The topological polar surface area (TPSA) is 56.1 Å². The minimum absolute atomic E-state index is 0.0628. The lowest BCUT2D eigenvalue weighted by Gasteiger charge is -2.37. The number of amides is 1. The zero-order chi connectivity index (χ0) is 16.4. The molecule has 1 aromatic rings. The minimum atomic E-state index is -0.243. The molecule has 128 valence electrons. The normalized spacial score (nSPS) is 30.8. The number of carbonyl (C=O) groups is 1. The quantitative estimate of drug-likeness (QED) is 0.929. The lowest BCUT2D eigenvalue weighted by Crippen LogP contribution is -2.44. The predicted molar refractivity (Wildman–Crippen MR) is 89.1 cm³/mol. The van der Waals surface area contributed by atoms with Crippen LogP contribution in [0.25, 0.3) is 0 Å². The minimum Gasteiger partial charge on any atom is -0.446 e. The molecule has 1 saturated carbocycles. The zero-order valence-electron chi connectivity index (χ0n) is 14.5. The van der Waals surface area contributed by atoms with Crippen molar-refractivity contribution in [2.24, 2.45) is 17.8 Å². The number of hydrogen-bond acceptors (Lipinski definition) is 3. The molecule has 1 aliphatic heterocycles. The molecule has 0 saturated heterocycles. The van der Waals surface area contributed by atoms with Crippen LogP contribution >= 0.6 is 0 Å². The summed E-state index contributed by atoms with van der Waals surface area (Å²) in [6, 6.07) is 2.18. The van der Waals surface area contributed by atoms with Gasteiger partial charge in [-0.15, -0.1) is 0 Å². The van der Waals surface area contributed by atoms with Crippen molar-refractivity contribution >= 4 is 6.09 Å². The van der Waals surface area contributed by atoms with Crippen LogP contribution in [0, 0.1) is 17.8 Å². The van der Waals surface area contributed by atoms with E-state index in [9.17, 15) is 4.79 Å². The monoisotopic (exact) mass is 319 g/mol. The number of nitrogens with one attached hydrogen (secondary N) is 1. The van der Waals surface area contributed by atoms with Gasteiger partial charge in [0.15, 0.2) is 0 Å². The average Bonchev–Trinajstić information content (AvgIpc) is 2.94. The fourth-order valence-electron chi connectivity index (χ4n) is 4.08. The third-order valence-corrected chi connectivity index (χ3v) is 5.49. The standard InChI is InChI=1S/C18H29N3O2/c1-12(2)16-5-4-13(3)10-17(16)23-18(22)20-14-7-9-21-15(11-14)6-8-19-21/h6,8,12-14,16-17H,4-5,7,9-11H2,1-3H3,(H,20,22)/t13-,14-,16+,17-/m1/s1. The van der Waals surface area contributed by atoms with Crippen LogP contribution < -0.4 is 5.32 Å². The third kappa shape index (κ3) is 3.88. The maximum atomic E-state index is 12.3. The first-order chi connectivity index (χ1) is 11.0. The van der Waals surface area contributed by atoms with E-state index in [2.05, 4.69) is 31.2 Å². The highest BCUT2D eigenvalue weighted by atomic mass is 16.6. The largest absolute Gasteiger partial charge is 0.446 e. The molecule has 2 heterocycles. The lowest BCUT2D eigenvalue weighted by atomic mass is 9.75. The second-order valence-corrected chi connectivity index (χ2v) is 7.65. The molecule has 5 nitrogen and oxygen atoms in total. The van der Waals surface area contributed by atoms with Crippen molar-refractivity contribution in [3.05, 3.63) is 18.0 Å². The van der Waals surface area contributed by atoms with Gasteiger partial charge in [-0.2, -0.15) is 5.10 Å². The number of carbonyl (C=O) groups excluding carboxylic acids is 1. The van der Waals surface area contributed by atoms with Crippen LogP contribution in [0.1, 0.15) is 52.1 Å². The van der Waals surface area contributed by atoms with E-state index in [1.807, 2.05) is 16.9 Å². The summed E-state index contributed by atoms with van der Waals surface area (Å²) in [5.74, 6) is 1.70. The van der Waals surface area contributed by atoms with Crippen LogP contribution in [-0.2, 0) is 17.7 Å². The molecule has 1 N–H and O–H groups in total. The van der Waals surface area contributed by atoms with E-state index in [-0.39, 0.29) is 18.2 Å². The number of alkyl carbamates (subject to hydrolysis) is 1.